The van der Waals surface area contributed by atoms with Gasteiger partial charge in [0.25, 0.3) is 0 Å². The summed E-state index contributed by atoms with van der Waals surface area (Å²) >= 11 is 0. The molecule has 0 radical (unpaired) electrons. The van der Waals surface area contributed by atoms with Crippen molar-refractivity contribution >= 4 is 0 Å². The van der Waals surface area contributed by atoms with Crippen LogP contribution in [0.1, 0.15) is 45.6 Å². The Balaban J connectivity index is 2.51. The van der Waals surface area contributed by atoms with Crippen LogP contribution in [-0.4, -0.2) is 13.2 Å². The van der Waals surface area contributed by atoms with Gasteiger partial charge >= 0.3 is 0 Å². The molecule has 1 aromatic rings. The maximum absolute atomic E-state index is 13.9. The first-order valence-electron chi connectivity index (χ1n) is 7.33. The molecule has 108 valence electrons. The maximum Gasteiger partial charge on any atom is 0.165 e. The molecular weight excluding hydrogens is 241 g/mol. The van der Waals surface area contributed by atoms with Crippen molar-refractivity contribution in [2.45, 2.75) is 46.6 Å². The summed E-state index contributed by atoms with van der Waals surface area (Å²) in [5.74, 6) is 0.609. The first-order chi connectivity index (χ1) is 9.21. The zero-order valence-corrected chi connectivity index (χ0v) is 12.3. The van der Waals surface area contributed by atoms with E-state index >= 15 is 0 Å². The fraction of sp³-hybridized carbons (Fsp3) is 0.625. The van der Waals surface area contributed by atoms with Crippen LogP contribution < -0.4 is 10.1 Å². The minimum absolute atomic E-state index is 0.262. The molecule has 3 heteroatoms. The number of nitrogens with one attached hydrogen (secondary N) is 1. The number of halogens is 1. The van der Waals surface area contributed by atoms with Crippen molar-refractivity contribution in [1.82, 2.24) is 5.32 Å². The van der Waals surface area contributed by atoms with Crippen molar-refractivity contribution in [2.75, 3.05) is 13.2 Å². The molecule has 0 bridgehead atoms. The molecule has 1 N–H and O–H groups in total. The molecule has 0 atom stereocenters. The molecule has 2 nitrogen and oxygen atoms in total. The van der Waals surface area contributed by atoms with Crippen LogP contribution in [0.15, 0.2) is 18.2 Å². The third-order valence-corrected chi connectivity index (χ3v) is 3.38. The second-order valence-corrected chi connectivity index (χ2v) is 4.94. The van der Waals surface area contributed by atoms with Crippen LogP contribution in [0.3, 0.4) is 0 Å². The highest BCUT2D eigenvalue weighted by molar-refractivity contribution is 5.29. The summed E-state index contributed by atoms with van der Waals surface area (Å²) in [6.07, 6.45) is 3.22. The van der Waals surface area contributed by atoms with Gasteiger partial charge in [0.05, 0.1) is 6.61 Å². The van der Waals surface area contributed by atoms with E-state index in [-0.39, 0.29) is 5.82 Å². The van der Waals surface area contributed by atoms with E-state index < -0.39 is 0 Å². The lowest BCUT2D eigenvalue weighted by atomic mass is 10.1. The van der Waals surface area contributed by atoms with E-state index in [0.717, 1.165) is 31.4 Å². The third-order valence-electron chi connectivity index (χ3n) is 3.38. The van der Waals surface area contributed by atoms with Gasteiger partial charge in [-0.15, -0.1) is 0 Å². The summed E-state index contributed by atoms with van der Waals surface area (Å²) in [6, 6.07) is 5.22. The Hall–Kier alpha value is -1.09. The molecule has 0 heterocycles. The first-order valence-corrected chi connectivity index (χ1v) is 7.33. The van der Waals surface area contributed by atoms with E-state index in [2.05, 4.69) is 26.1 Å². The molecule has 19 heavy (non-hydrogen) atoms. The zero-order chi connectivity index (χ0) is 14.1. The molecular formula is C16H26FNO. The predicted octanol–water partition coefficient (Wildman–Crippen LogP) is 4.14. The molecule has 0 aliphatic rings. The molecule has 0 unspecified atom stereocenters. The summed E-state index contributed by atoms with van der Waals surface area (Å²) in [5.41, 5.74) is 0.959. The Morgan fingerprint density at radius 3 is 2.53 bits per heavy atom. The van der Waals surface area contributed by atoms with E-state index in [9.17, 15) is 4.39 Å². The molecule has 0 fully saturated rings. The van der Waals surface area contributed by atoms with Crippen molar-refractivity contribution in [3.05, 3.63) is 29.6 Å². The summed E-state index contributed by atoms with van der Waals surface area (Å²) in [5, 5.41) is 3.26. The van der Waals surface area contributed by atoms with Crippen LogP contribution in [-0.2, 0) is 6.54 Å². The van der Waals surface area contributed by atoms with Gasteiger partial charge in [-0.1, -0.05) is 39.7 Å². The van der Waals surface area contributed by atoms with Gasteiger partial charge in [-0.05, 0) is 36.6 Å². The van der Waals surface area contributed by atoms with E-state index in [0.29, 0.717) is 24.8 Å². The molecule has 0 aliphatic heterocycles. The van der Waals surface area contributed by atoms with Crippen LogP contribution in [0.25, 0.3) is 0 Å². The number of hydrogen-bond acceptors (Lipinski definition) is 2. The molecule has 0 saturated carbocycles. The van der Waals surface area contributed by atoms with Gasteiger partial charge in [0.2, 0.25) is 0 Å². The van der Waals surface area contributed by atoms with Gasteiger partial charge < -0.3 is 10.1 Å². The Morgan fingerprint density at radius 2 is 1.95 bits per heavy atom. The van der Waals surface area contributed by atoms with E-state index in [1.54, 1.807) is 12.1 Å². The molecule has 0 saturated heterocycles. The van der Waals surface area contributed by atoms with Crippen molar-refractivity contribution in [2.24, 2.45) is 5.92 Å². The fourth-order valence-electron chi connectivity index (χ4n) is 1.91. The highest BCUT2D eigenvalue weighted by Gasteiger charge is 2.08. The van der Waals surface area contributed by atoms with Gasteiger partial charge in [0.15, 0.2) is 11.6 Å². The van der Waals surface area contributed by atoms with Gasteiger partial charge in [-0.3, -0.25) is 0 Å². The molecule has 0 amide bonds. The minimum atomic E-state index is -0.262. The summed E-state index contributed by atoms with van der Waals surface area (Å²) in [4.78, 5) is 0. The van der Waals surface area contributed by atoms with Gasteiger partial charge in [-0.2, -0.15) is 0 Å². The quantitative estimate of drug-likeness (QED) is 0.679. The average molecular weight is 267 g/mol. The maximum atomic E-state index is 13.9. The number of hydrogen-bond donors (Lipinski definition) is 1. The molecule has 0 aromatic heterocycles. The van der Waals surface area contributed by atoms with Crippen molar-refractivity contribution < 1.29 is 9.13 Å². The Morgan fingerprint density at radius 1 is 1.21 bits per heavy atom. The Bertz CT molecular complexity index is 364. The molecule has 0 spiro atoms. The number of ether oxygens (including phenoxy) is 1. The van der Waals surface area contributed by atoms with E-state index in [1.807, 2.05) is 6.07 Å². The van der Waals surface area contributed by atoms with Crippen LogP contribution in [0.2, 0.25) is 0 Å². The van der Waals surface area contributed by atoms with Crippen LogP contribution in [0.4, 0.5) is 4.39 Å². The van der Waals surface area contributed by atoms with Crippen molar-refractivity contribution in [3.8, 4) is 5.75 Å². The monoisotopic (exact) mass is 267 g/mol. The Kier molecular flexibility index (Phi) is 7.49. The van der Waals surface area contributed by atoms with E-state index in [1.165, 1.54) is 0 Å². The number of rotatable bonds is 9. The second-order valence-electron chi connectivity index (χ2n) is 4.94. The number of benzene rings is 1. The summed E-state index contributed by atoms with van der Waals surface area (Å²) < 4.78 is 19.4. The van der Waals surface area contributed by atoms with Crippen LogP contribution in [0.5, 0.6) is 5.75 Å². The van der Waals surface area contributed by atoms with Gasteiger partial charge in [0, 0.05) is 6.54 Å². The lowest BCUT2D eigenvalue weighted by Crippen LogP contribution is -2.14. The highest BCUT2D eigenvalue weighted by Crippen LogP contribution is 2.20. The first kappa shape index (κ1) is 16.0. The van der Waals surface area contributed by atoms with Gasteiger partial charge in [0.1, 0.15) is 0 Å². The largest absolute Gasteiger partial charge is 0.490 e. The zero-order valence-electron chi connectivity index (χ0n) is 12.3. The summed E-state index contributed by atoms with van der Waals surface area (Å²) in [6.45, 7) is 8.64. The van der Waals surface area contributed by atoms with Crippen molar-refractivity contribution in [3.63, 3.8) is 0 Å². The smallest absolute Gasteiger partial charge is 0.165 e. The van der Waals surface area contributed by atoms with Crippen molar-refractivity contribution in [1.29, 1.82) is 0 Å². The summed E-state index contributed by atoms with van der Waals surface area (Å²) in [7, 11) is 0. The van der Waals surface area contributed by atoms with E-state index in [4.69, 9.17) is 4.74 Å². The predicted molar refractivity (Wildman–Crippen MR) is 78.0 cm³/mol. The fourth-order valence-corrected chi connectivity index (χ4v) is 1.91. The standard InChI is InChI=1S/C16H26FNO/c1-4-9-18-11-14-7-8-16(15(17)10-14)19-12-13(5-2)6-3/h7-8,10,13,18H,4-6,9,11-12H2,1-3H3. The normalized spacial score (nSPS) is 11.0. The third kappa shape index (κ3) is 5.60. The SMILES string of the molecule is CCCNCc1ccc(OCC(CC)CC)c(F)c1. The van der Waals surface area contributed by atoms with Crippen LogP contribution >= 0.6 is 0 Å². The van der Waals surface area contributed by atoms with Gasteiger partial charge in [-0.25, -0.2) is 4.39 Å². The lowest BCUT2D eigenvalue weighted by Gasteiger charge is -2.14. The van der Waals surface area contributed by atoms with Crippen LogP contribution in [0, 0.1) is 11.7 Å². The topological polar surface area (TPSA) is 21.3 Å². The lowest BCUT2D eigenvalue weighted by molar-refractivity contribution is 0.231. The Labute approximate surface area is 116 Å². The molecule has 1 rings (SSSR count). The highest BCUT2D eigenvalue weighted by atomic mass is 19.1. The second kappa shape index (κ2) is 8.92. The minimum Gasteiger partial charge on any atom is -0.490 e. The average Bonchev–Trinajstić information content (AvgIpc) is 2.42. The molecule has 1 aromatic carbocycles. The molecule has 0 aliphatic carbocycles.